The van der Waals surface area contributed by atoms with Gasteiger partial charge in [-0.05, 0) is 149 Å². The molecule has 2 atom stereocenters. The molecule has 0 bridgehead atoms. The number of carboxylic acid groups (broad SMARTS) is 1. The Morgan fingerprint density at radius 3 is 2.18 bits per heavy atom. The number of amides is 1. The number of aryl methyl sites for hydroxylation is 4. The lowest BCUT2D eigenvalue weighted by molar-refractivity contribution is -0.139. The van der Waals surface area contributed by atoms with Gasteiger partial charge in [0.25, 0.3) is 5.56 Å². The van der Waals surface area contributed by atoms with Crippen molar-refractivity contribution in [1.82, 2.24) is 14.8 Å². The van der Waals surface area contributed by atoms with Crippen molar-refractivity contribution in [2.75, 3.05) is 13.1 Å². The van der Waals surface area contributed by atoms with E-state index in [1.807, 2.05) is 26.0 Å². The summed E-state index contributed by atoms with van der Waals surface area (Å²) in [6, 6.07) is 7.09. The van der Waals surface area contributed by atoms with E-state index < -0.39 is 53.6 Å². The van der Waals surface area contributed by atoms with Gasteiger partial charge in [0.1, 0.15) is 6.04 Å². The van der Waals surface area contributed by atoms with Crippen molar-refractivity contribution in [3.63, 3.8) is 0 Å². The smallest absolute Gasteiger partial charge is 0.416 e. The molecule has 2 N–H and O–H groups in total. The van der Waals surface area contributed by atoms with E-state index in [0.717, 1.165) is 57.2 Å². The first-order valence-electron chi connectivity index (χ1n) is 18.3. The van der Waals surface area contributed by atoms with Crippen LogP contribution in [-0.4, -0.2) is 45.6 Å². The molecule has 0 spiro atoms. The van der Waals surface area contributed by atoms with Crippen molar-refractivity contribution in [2.45, 2.75) is 124 Å². The molecular formula is C41H52F3N3O4. The van der Waals surface area contributed by atoms with Gasteiger partial charge in [-0.1, -0.05) is 37.6 Å². The molecule has 0 radical (unpaired) electrons. The van der Waals surface area contributed by atoms with Gasteiger partial charge in [0.05, 0.1) is 18.0 Å². The summed E-state index contributed by atoms with van der Waals surface area (Å²) in [4.78, 5) is 42.3. The van der Waals surface area contributed by atoms with Gasteiger partial charge in [0, 0.05) is 18.3 Å². The molecule has 1 fully saturated rings. The summed E-state index contributed by atoms with van der Waals surface area (Å²) in [5, 5.41) is 13.0. The van der Waals surface area contributed by atoms with Gasteiger partial charge in [-0.25, -0.2) is 0 Å². The molecule has 1 saturated heterocycles. The Balaban J connectivity index is 1.56. The maximum absolute atomic E-state index is 14.4. The number of alkyl halides is 3. The Morgan fingerprint density at radius 2 is 1.61 bits per heavy atom. The Labute approximate surface area is 299 Å². The number of benzene rings is 2. The standard InChI is InChI=1S/C41H52F3N3O4/c1-23(2)15-36(47-22-33(34(20-37(47)48)41(42,43)44)28-11-13-46(14-12-28)24(3)4)40(51)45-35(21-38(49)50)30-18-29-9-8-10-31(29)32(19-30)39-26(6)16-25(5)17-27(39)7/h16-20,22-24,28,35-36H,8-15,21H2,1-7H3,(H,45,51)(H,49,50)/t35-,36+/m1/s1. The molecule has 51 heavy (non-hydrogen) atoms. The topological polar surface area (TPSA) is 91.6 Å². The molecule has 276 valence electrons. The molecule has 1 aliphatic carbocycles. The van der Waals surface area contributed by atoms with Crippen LogP contribution in [-0.2, 0) is 28.6 Å². The Hall–Kier alpha value is -3.92. The lowest BCUT2D eigenvalue weighted by Gasteiger charge is -2.36. The van der Waals surface area contributed by atoms with E-state index >= 15 is 0 Å². The van der Waals surface area contributed by atoms with Crippen molar-refractivity contribution in [3.05, 3.63) is 91.4 Å². The van der Waals surface area contributed by atoms with Crippen molar-refractivity contribution in [3.8, 4) is 11.1 Å². The van der Waals surface area contributed by atoms with Crippen LogP contribution < -0.4 is 10.9 Å². The minimum absolute atomic E-state index is 0.0289. The summed E-state index contributed by atoms with van der Waals surface area (Å²) in [6.07, 6.45) is 0.0245. The second kappa shape index (κ2) is 15.4. The van der Waals surface area contributed by atoms with Gasteiger partial charge in [0.15, 0.2) is 0 Å². The molecule has 2 aromatic carbocycles. The fraction of sp³-hybridized carbons (Fsp3) is 0.537. The largest absolute Gasteiger partial charge is 0.481 e. The third-order valence-electron chi connectivity index (χ3n) is 10.7. The second-order valence-electron chi connectivity index (χ2n) is 15.4. The molecular weight excluding hydrogens is 655 g/mol. The summed E-state index contributed by atoms with van der Waals surface area (Å²) in [5.74, 6) is -2.22. The highest BCUT2D eigenvalue weighted by Crippen LogP contribution is 2.41. The number of rotatable bonds is 11. The number of aliphatic carboxylic acids is 1. The van der Waals surface area contributed by atoms with Crippen molar-refractivity contribution < 1.29 is 27.9 Å². The number of pyridine rings is 1. The van der Waals surface area contributed by atoms with E-state index in [1.54, 1.807) is 0 Å². The first kappa shape index (κ1) is 38.3. The van der Waals surface area contributed by atoms with Crippen LogP contribution in [0.5, 0.6) is 0 Å². The molecule has 0 unspecified atom stereocenters. The van der Waals surface area contributed by atoms with Crippen molar-refractivity contribution >= 4 is 11.9 Å². The van der Waals surface area contributed by atoms with E-state index in [2.05, 4.69) is 57.0 Å². The molecule has 1 aliphatic heterocycles. The second-order valence-corrected chi connectivity index (χ2v) is 15.4. The van der Waals surface area contributed by atoms with Crippen molar-refractivity contribution in [1.29, 1.82) is 0 Å². The Morgan fingerprint density at radius 1 is 0.961 bits per heavy atom. The third kappa shape index (κ3) is 8.59. The molecule has 1 aromatic heterocycles. The number of halogens is 3. The summed E-state index contributed by atoms with van der Waals surface area (Å²) in [6.45, 7) is 15.3. The number of aromatic nitrogens is 1. The number of fused-ring (bicyclic) bond motifs is 1. The van der Waals surface area contributed by atoms with Crippen LogP contribution in [0, 0.1) is 26.7 Å². The summed E-state index contributed by atoms with van der Waals surface area (Å²) >= 11 is 0. The number of carbonyl (C=O) groups excluding carboxylic acids is 1. The average Bonchev–Trinajstić information content (AvgIpc) is 3.51. The highest BCUT2D eigenvalue weighted by molar-refractivity contribution is 5.82. The highest BCUT2D eigenvalue weighted by atomic mass is 19.4. The highest BCUT2D eigenvalue weighted by Gasteiger charge is 2.39. The van der Waals surface area contributed by atoms with Crippen LogP contribution in [0.15, 0.2) is 41.3 Å². The van der Waals surface area contributed by atoms with E-state index in [-0.39, 0.29) is 23.9 Å². The zero-order valence-corrected chi connectivity index (χ0v) is 30.9. The molecule has 2 heterocycles. The van der Waals surface area contributed by atoms with Gasteiger partial charge in [-0.15, -0.1) is 0 Å². The Kier molecular flexibility index (Phi) is 11.5. The van der Waals surface area contributed by atoms with Gasteiger partial charge in [-0.3, -0.25) is 14.4 Å². The SMILES string of the molecule is Cc1cc(C)c(-c2cc([C@@H](CC(=O)O)NC(=O)[C@H](CC(C)C)n3cc(C4CCN(C(C)C)CC4)c(C(F)(F)F)cc3=O)cc3c2CCC3)c(C)c1. The number of nitrogens with one attached hydrogen (secondary N) is 1. The summed E-state index contributed by atoms with van der Waals surface area (Å²) < 4.78 is 44.3. The van der Waals surface area contributed by atoms with E-state index in [4.69, 9.17) is 0 Å². The molecule has 0 saturated carbocycles. The van der Waals surface area contributed by atoms with Crippen molar-refractivity contribution in [2.24, 2.45) is 5.92 Å². The number of carboxylic acids is 1. The average molecular weight is 708 g/mol. The number of piperidine rings is 1. The number of hydrogen-bond acceptors (Lipinski definition) is 4. The lowest BCUT2D eigenvalue weighted by atomic mass is 9.86. The van der Waals surface area contributed by atoms with Crippen LogP contribution in [0.3, 0.4) is 0 Å². The van der Waals surface area contributed by atoms with Crippen LogP contribution in [0.4, 0.5) is 13.2 Å². The maximum Gasteiger partial charge on any atom is 0.416 e. The maximum atomic E-state index is 14.4. The number of nitrogens with zero attached hydrogens (tertiary/aromatic N) is 2. The summed E-state index contributed by atoms with van der Waals surface area (Å²) in [7, 11) is 0. The molecule has 3 aromatic rings. The third-order valence-corrected chi connectivity index (χ3v) is 10.7. The van der Waals surface area contributed by atoms with Crippen LogP contribution >= 0.6 is 0 Å². The van der Waals surface area contributed by atoms with E-state index in [1.165, 1.54) is 11.8 Å². The van der Waals surface area contributed by atoms with Gasteiger partial charge in [0.2, 0.25) is 5.91 Å². The molecule has 10 heteroatoms. The first-order chi connectivity index (χ1) is 23.9. The van der Waals surface area contributed by atoms with Crippen LogP contribution in [0.1, 0.15) is 122 Å². The Bertz CT molecular complexity index is 1810. The fourth-order valence-electron chi connectivity index (χ4n) is 8.35. The quantitative estimate of drug-likeness (QED) is 0.209. The van der Waals surface area contributed by atoms with Crippen LogP contribution in [0.25, 0.3) is 11.1 Å². The first-order valence-corrected chi connectivity index (χ1v) is 18.3. The van der Waals surface area contributed by atoms with E-state index in [0.29, 0.717) is 37.6 Å². The lowest BCUT2D eigenvalue weighted by Crippen LogP contribution is -2.41. The molecule has 2 aliphatic rings. The van der Waals surface area contributed by atoms with Gasteiger partial charge >= 0.3 is 12.1 Å². The van der Waals surface area contributed by atoms with Crippen LogP contribution in [0.2, 0.25) is 0 Å². The van der Waals surface area contributed by atoms with E-state index in [9.17, 15) is 32.7 Å². The molecule has 1 amide bonds. The normalized spacial score (nSPS) is 16.8. The van der Waals surface area contributed by atoms with Gasteiger partial charge < -0.3 is 19.9 Å². The minimum atomic E-state index is -4.73. The zero-order valence-electron chi connectivity index (χ0n) is 30.9. The predicted octanol–water partition coefficient (Wildman–Crippen LogP) is 8.46. The summed E-state index contributed by atoms with van der Waals surface area (Å²) in [5.41, 5.74) is 6.68. The zero-order chi connectivity index (χ0) is 37.4. The molecule has 7 nitrogen and oxygen atoms in total. The molecule has 5 rings (SSSR count). The predicted molar refractivity (Wildman–Crippen MR) is 194 cm³/mol. The van der Waals surface area contributed by atoms with Gasteiger partial charge in [-0.2, -0.15) is 13.2 Å². The minimum Gasteiger partial charge on any atom is -0.481 e. The number of hydrogen-bond donors (Lipinski definition) is 2. The fourth-order valence-corrected chi connectivity index (χ4v) is 8.35. The number of carbonyl (C=O) groups is 2. The monoisotopic (exact) mass is 707 g/mol. The number of likely N-dealkylation sites (tertiary alicyclic amines) is 1.